The van der Waals surface area contributed by atoms with Crippen LogP contribution in [0.2, 0.25) is 5.02 Å². The molecule has 6 nitrogen and oxygen atoms in total. The van der Waals surface area contributed by atoms with Crippen LogP contribution in [-0.4, -0.2) is 15.9 Å². The van der Waals surface area contributed by atoms with Crippen molar-refractivity contribution in [2.45, 2.75) is 6.61 Å². The van der Waals surface area contributed by atoms with Crippen LogP contribution in [0.25, 0.3) is 10.6 Å². The van der Waals surface area contributed by atoms with Crippen molar-refractivity contribution in [3.63, 3.8) is 0 Å². The zero-order chi connectivity index (χ0) is 17.8. The molecule has 25 heavy (non-hydrogen) atoms. The molecule has 1 heterocycles. The highest BCUT2D eigenvalue weighted by atomic mass is 35.5. The number of thiazole rings is 1. The van der Waals surface area contributed by atoms with Gasteiger partial charge in [0.1, 0.15) is 11.6 Å². The van der Waals surface area contributed by atoms with Gasteiger partial charge in [-0.25, -0.2) is 9.78 Å². The maximum atomic E-state index is 12.0. The van der Waals surface area contributed by atoms with E-state index in [1.807, 2.05) is 18.2 Å². The van der Waals surface area contributed by atoms with Gasteiger partial charge in [0, 0.05) is 23.1 Å². The maximum absolute atomic E-state index is 12.0. The van der Waals surface area contributed by atoms with E-state index in [1.54, 1.807) is 11.4 Å². The first kappa shape index (κ1) is 17.1. The minimum atomic E-state index is -0.567. The minimum absolute atomic E-state index is 0.0107. The van der Waals surface area contributed by atoms with Crippen LogP contribution in [0, 0.1) is 10.1 Å². The molecule has 0 amide bonds. The SMILES string of the molecule is O=C(OCc1csc(-c2ccccc2Cl)n1)c1ccc([N+](=O)[O-])cc1. The number of nitro groups is 1. The van der Waals surface area contributed by atoms with Crippen molar-refractivity contribution in [1.29, 1.82) is 0 Å². The summed E-state index contributed by atoms with van der Waals surface area (Å²) < 4.78 is 5.20. The topological polar surface area (TPSA) is 82.3 Å². The van der Waals surface area contributed by atoms with Crippen LogP contribution in [0.4, 0.5) is 5.69 Å². The third-order valence-electron chi connectivity index (χ3n) is 3.32. The summed E-state index contributed by atoms with van der Waals surface area (Å²) in [5.41, 5.74) is 1.59. The van der Waals surface area contributed by atoms with E-state index in [1.165, 1.54) is 35.6 Å². The van der Waals surface area contributed by atoms with Gasteiger partial charge in [-0.05, 0) is 18.2 Å². The van der Waals surface area contributed by atoms with Crippen molar-refractivity contribution in [2.24, 2.45) is 0 Å². The summed E-state index contributed by atoms with van der Waals surface area (Å²) in [6, 6.07) is 12.6. The van der Waals surface area contributed by atoms with Gasteiger partial charge in [-0.2, -0.15) is 0 Å². The number of carbonyl (C=O) groups is 1. The van der Waals surface area contributed by atoms with E-state index in [-0.39, 0.29) is 17.9 Å². The van der Waals surface area contributed by atoms with E-state index in [0.29, 0.717) is 10.7 Å². The number of aromatic nitrogens is 1. The van der Waals surface area contributed by atoms with E-state index < -0.39 is 10.9 Å². The fourth-order valence-corrected chi connectivity index (χ4v) is 3.20. The van der Waals surface area contributed by atoms with Crippen molar-refractivity contribution in [3.05, 3.63) is 80.3 Å². The lowest BCUT2D eigenvalue weighted by Gasteiger charge is -2.03. The summed E-state index contributed by atoms with van der Waals surface area (Å²) >= 11 is 7.55. The summed E-state index contributed by atoms with van der Waals surface area (Å²) in [5, 5.41) is 13.7. The molecule has 8 heteroatoms. The van der Waals surface area contributed by atoms with Gasteiger partial charge >= 0.3 is 5.97 Å². The zero-order valence-electron chi connectivity index (χ0n) is 12.7. The minimum Gasteiger partial charge on any atom is -0.456 e. The number of benzene rings is 2. The maximum Gasteiger partial charge on any atom is 0.338 e. The number of carbonyl (C=O) groups excluding carboxylic acids is 1. The number of non-ortho nitro benzene ring substituents is 1. The Morgan fingerprint density at radius 3 is 2.60 bits per heavy atom. The van der Waals surface area contributed by atoms with E-state index in [4.69, 9.17) is 16.3 Å². The van der Waals surface area contributed by atoms with Gasteiger partial charge < -0.3 is 4.74 Å². The van der Waals surface area contributed by atoms with Crippen molar-refractivity contribution < 1.29 is 14.5 Å². The molecule has 2 aromatic carbocycles. The first-order chi connectivity index (χ1) is 12.0. The quantitative estimate of drug-likeness (QED) is 0.366. The second kappa shape index (κ2) is 7.42. The monoisotopic (exact) mass is 374 g/mol. The van der Waals surface area contributed by atoms with E-state index in [9.17, 15) is 14.9 Å². The van der Waals surface area contributed by atoms with Gasteiger partial charge in [0.05, 0.1) is 21.2 Å². The molecule has 0 aliphatic heterocycles. The smallest absolute Gasteiger partial charge is 0.338 e. The van der Waals surface area contributed by atoms with E-state index in [0.717, 1.165) is 10.6 Å². The Morgan fingerprint density at radius 1 is 1.20 bits per heavy atom. The Labute approximate surface area is 151 Å². The Balaban J connectivity index is 1.65. The van der Waals surface area contributed by atoms with Crippen LogP contribution in [0.5, 0.6) is 0 Å². The molecule has 126 valence electrons. The lowest BCUT2D eigenvalue weighted by Crippen LogP contribution is -2.05. The first-order valence-electron chi connectivity index (χ1n) is 7.15. The molecule has 0 saturated carbocycles. The summed E-state index contributed by atoms with van der Waals surface area (Å²) in [4.78, 5) is 26.5. The standard InChI is InChI=1S/C17H11ClN2O4S/c18-15-4-2-1-3-14(15)16-19-12(10-25-16)9-24-17(21)11-5-7-13(8-6-11)20(22)23/h1-8,10H,9H2. The molecule has 0 fully saturated rings. The van der Waals surface area contributed by atoms with E-state index in [2.05, 4.69) is 4.98 Å². The van der Waals surface area contributed by atoms with Gasteiger partial charge in [-0.1, -0.05) is 29.8 Å². The normalized spacial score (nSPS) is 10.4. The number of rotatable bonds is 5. The number of hydrogen-bond acceptors (Lipinski definition) is 6. The van der Waals surface area contributed by atoms with Crippen molar-refractivity contribution in [1.82, 2.24) is 4.98 Å². The molecule has 3 aromatic rings. The fraction of sp³-hybridized carbons (Fsp3) is 0.0588. The van der Waals surface area contributed by atoms with Crippen molar-refractivity contribution in [3.8, 4) is 10.6 Å². The number of hydrogen-bond donors (Lipinski definition) is 0. The molecule has 0 radical (unpaired) electrons. The van der Waals surface area contributed by atoms with Crippen LogP contribution in [0.3, 0.4) is 0 Å². The van der Waals surface area contributed by atoms with Gasteiger partial charge in [-0.15, -0.1) is 11.3 Å². The molecule has 3 rings (SSSR count). The molecule has 0 saturated heterocycles. The van der Waals surface area contributed by atoms with Crippen LogP contribution in [0.15, 0.2) is 53.9 Å². The molecule has 0 unspecified atom stereocenters. The second-order valence-electron chi connectivity index (χ2n) is 5.00. The number of nitrogens with zero attached hydrogens (tertiary/aromatic N) is 2. The highest BCUT2D eigenvalue weighted by molar-refractivity contribution is 7.13. The predicted octanol–water partition coefficient (Wildman–Crippen LogP) is 4.73. The Hall–Kier alpha value is -2.77. The Kier molecular flexibility index (Phi) is 5.06. The molecular formula is C17H11ClN2O4S. The summed E-state index contributed by atoms with van der Waals surface area (Å²) in [5.74, 6) is -0.567. The molecule has 0 bridgehead atoms. The average molecular weight is 375 g/mol. The molecular weight excluding hydrogens is 364 g/mol. The Bertz CT molecular complexity index is 924. The zero-order valence-corrected chi connectivity index (χ0v) is 14.3. The highest BCUT2D eigenvalue weighted by Crippen LogP contribution is 2.30. The molecule has 0 spiro atoms. The molecule has 0 atom stereocenters. The first-order valence-corrected chi connectivity index (χ1v) is 8.41. The fourth-order valence-electron chi connectivity index (χ4n) is 2.07. The summed E-state index contributed by atoms with van der Waals surface area (Å²) in [6.07, 6.45) is 0. The predicted molar refractivity (Wildman–Crippen MR) is 94.8 cm³/mol. The Morgan fingerprint density at radius 2 is 1.92 bits per heavy atom. The molecule has 0 aliphatic carbocycles. The second-order valence-corrected chi connectivity index (χ2v) is 6.27. The van der Waals surface area contributed by atoms with Gasteiger partial charge in [0.15, 0.2) is 0 Å². The van der Waals surface area contributed by atoms with Crippen molar-refractivity contribution >= 4 is 34.6 Å². The van der Waals surface area contributed by atoms with Crippen molar-refractivity contribution in [2.75, 3.05) is 0 Å². The van der Waals surface area contributed by atoms with Crippen LogP contribution < -0.4 is 0 Å². The van der Waals surface area contributed by atoms with Crippen LogP contribution >= 0.6 is 22.9 Å². The average Bonchev–Trinajstić information content (AvgIpc) is 3.09. The van der Waals surface area contributed by atoms with E-state index >= 15 is 0 Å². The number of esters is 1. The number of halogens is 1. The third kappa shape index (κ3) is 4.01. The van der Waals surface area contributed by atoms with Gasteiger partial charge in [0.2, 0.25) is 0 Å². The highest BCUT2D eigenvalue weighted by Gasteiger charge is 2.13. The van der Waals surface area contributed by atoms with Crippen LogP contribution in [-0.2, 0) is 11.3 Å². The lowest BCUT2D eigenvalue weighted by atomic mass is 10.2. The largest absolute Gasteiger partial charge is 0.456 e. The van der Waals surface area contributed by atoms with Crippen LogP contribution in [0.1, 0.15) is 16.1 Å². The number of ether oxygens (including phenoxy) is 1. The third-order valence-corrected chi connectivity index (χ3v) is 4.57. The van der Waals surface area contributed by atoms with Gasteiger partial charge in [0.25, 0.3) is 5.69 Å². The van der Waals surface area contributed by atoms with Gasteiger partial charge in [-0.3, -0.25) is 10.1 Å². The molecule has 0 aliphatic rings. The lowest BCUT2D eigenvalue weighted by molar-refractivity contribution is -0.384. The number of nitro benzene ring substituents is 1. The molecule has 0 N–H and O–H groups in total. The summed E-state index contributed by atoms with van der Waals surface area (Å²) in [7, 11) is 0. The summed E-state index contributed by atoms with van der Waals surface area (Å²) in [6.45, 7) is 0.0107. The molecule has 1 aromatic heterocycles.